The fraction of sp³-hybridized carbons (Fsp3) is 0.400. The molecule has 0 saturated carbocycles. The minimum absolute atomic E-state index is 0.0320. The molecule has 0 heterocycles. The van der Waals surface area contributed by atoms with Crippen LogP contribution in [-0.4, -0.2) is 6.54 Å². The number of aryl methyl sites for hydroxylation is 1. The molecule has 0 spiro atoms. The number of rotatable bonds is 2. The van der Waals surface area contributed by atoms with Crippen LogP contribution >= 0.6 is 0 Å². The fourth-order valence-electron chi connectivity index (χ4n) is 1.28. The zero-order valence-corrected chi connectivity index (χ0v) is 8.11. The second-order valence-electron chi connectivity index (χ2n) is 3.28. The minimum Gasteiger partial charge on any atom is -0.327 e. The summed E-state index contributed by atoms with van der Waals surface area (Å²) in [4.78, 5) is 0. The van der Waals surface area contributed by atoms with E-state index in [0.717, 1.165) is 6.07 Å². The SMILES string of the molecule is Cc1ccc(C(F)CN)cc1C(F)(F)F. The molecule has 0 aliphatic heterocycles. The van der Waals surface area contributed by atoms with Gasteiger partial charge in [0.1, 0.15) is 6.17 Å². The van der Waals surface area contributed by atoms with Crippen LogP contribution in [0, 0.1) is 6.92 Å². The smallest absolute Gasteiger partial charge is 0.327 e. The lowest BCUT2D eigenvalue weighted by molar-refractivity contribution is -0.138. The van der Waals surface area contributed by atoms with Crippen molar-refractivity contribution in [2.24, 2.45) is 5.73 Å². The highest BCUT2D eigenvalue weighted by Gasteiger charge is 2.32. The summed E-state index contributed by atoms with van der Waals surface area (Å²) >= 11 is 0. The Labute approximate surface area is 84.9 Å². The van der Waals surface area contributed by atoms with E-state index in [4.69, 9.17) is 5.73 Å². The van der Waals surface area contributed by atoms with Crippen molar-refractivity contribution >= 4 is 0 Å². The average Bonchev–Trinajstić information content (AvgIpc) is 2.15. The maximum absolute atomic E-state index is 13.1. The van der Waals surface area contributed by atoms with Crippen molar-refractivity contribution in [2.45, 2.75) is 19.3 Å². The molecule has 0 saturated heterocycles. The van der Waals surface area contributed by atoms with Crippen LogP contribution < -0.4 is 5.73 Å². The number of hydrogen-bond donors (Lipinski definition) is 1. The molecule has 1 aromatic rings. The third-order valence-electron chi connectivity index (χ3n) is 2.14. The molecule has 0 fully saturated rings. The topological polar surface area (TPSA) is 26.0 Å². The summed E-state index contributed by atoms with van der Waals surface area (Å²) in [5, 5.41) is 0. The molecule has 1 unspecified atom stereocenters. The van der Waals surface area contributed by atoms with Gasteiger partial charge in [0.2, 0.25) is 0 Å². The molecule has 15 heavy (non-hydrogen) atoms. The Morgan fingerprint density at radius 3 is 2.40 bits per heavy atom. The van der Waals surface area contributed by atoms with Gasteiger partial charge in [-0.15, -0.1) is 0 Å². The lowest BCUT2D eigenvalue weighted by atomic mass is 10.0. The molecule has 0 radical (unpaired) electrons. The molecule has 1 rings (SSSR count). The lowest BCUT2D eigenvalue weighted by Crippen LogP contribution is -2.11. The van der Waals surface area contributed by atoms with Crippen molar-refractivity contribution in [3.63, 3.8) is 0 Å². The van der Waals surface area contributed by atoms with Gasteiger partial charge in [0.05, 0.1) is 5.56 Å². The normalized spacial score (nSPS) is 14.0. The van der Waals surface area contributed by atoms with Gasteiger partial charge >= 0.3 is 6.18 Å². The summed E-state index contributed by atoms with van der Waals surface area (Å²) in [6.07, 6.45) is -6.00. The molecule has 0 aliphatic carbocycles. The van der Waals surface area contributed by atoms with Gasteiger partial charge in [-0.2, -0.15) is 13.2 Å². The maximum atomic E-state index is 13.1. The van der Waals surface area contributed by atoms with Crippen molar-refractivity contribution in [1.82, 2.24) is 0 Å². The van der Waals surface area contributed by atoms with Gasteiger partial charge < -0.3 is 5.73 Å². The van der Waals surface area contributed by atoms with Gasteiger partial charge in [0, 0.05) is 6.54 Å². The predicted octanol–water partition coefficient (Wildman–Crippen LogP) is 2.98. The first-order chi connectivity index (χ1) is 6.86. The molecule has 0 amide bonds. The molecular formula is C10H11F4N. The maximum Gasteiger partial charge on any atom is 0.416 e. The van der Waals surface area contributed by atoms with Crippen LogP contribution in [0.3, 0.4) is 0 Å². The van der Waals surface area contributed by atoms with E-state index in [1.807, 2.05) is 0 Å². The van der Waals surface area contributed by atoms with E-state index >= 15 is 0 Å². The number of nitrogens with two attached hydrogens (primary N) is 1. The molecule has 0 bridgehead atoms. The summed E-state index contributed by atoms with van der Waals surface area (Å²) in [6, 6.07) is 3.38. The van der Waals surface area contributed by atoms with Crippen molar-refractivity contribution in [3.05, 3.63) is 34.9 Å². The van der Waals surface area contributed by atoms with Crippen molar-refractivity contribution in [1.29, 1.82) is 0 Å². The second-order valence-corrected chi connectivity index (χ2v) is 3.28. The molecular weight excluding hydrogens is 210 g/mol. The summed E-state index contributed by atoms with van der Waals surface area (Å²) in [7, 11) is 0. The first-order valence-electron chi connectivity index (χ1n) is 4.38. The van der Waals surface area contributed by atoms with E-state index < -0.39 is 17.9 Å². The van der Waals surface area contributed by atoms with Crippen LogP contribution in [0.5, 0.6) is 0 Å². The lowest BCUT2D eigenvalue weighted by Gasteiger charge is -2.13. The quantitative estimate of drug-likeness (QED) is 0.763. The van der Waals surface area contributed by atoms with Crippen LogP contribution in [0.2, 0.25) is 0 Å². The minimum atomic E-state index is -4.45. The third kappa shape index (κ3) is 2.68. The Kier molecular flexibility index (Phi) is 3.34. The van der Waals surface area contributed by atoms with Crippen LogP contribution in [0.25, 0.3) is 0 Å². The zero-order valence-electron chi connectivity index (χ0n) is 8.11. The third-order valence-corrected chi connectivity index (χ3v) is 2.14. The van der Waals surface area contributed by atoms with Gasteiger partial charge in [0.25, 0.3) is 0 Å². The summed E-state index contributed by atoms with van der Waals surface area (Å²) in [6.45, 7) is 1.02. The van der Waals surface area contributed by atoms with Crippen LogP contribution in [0.4, 0.5) is 17.6 Å². The van der Waals surface area contributed by atoms with E-state index in [0.29, 0.717) is 0 Å². The van der Waals surface area contributed by atoms with E-state index in [1.165, 1.54) is 19.1 Å². The average molecular weight is 221 g/mol. The van der Waals surface area contributed by atoms with Crippen LogP contribution in [0.1, 0.15) is 22.9 Å². The van der Waals surface area contributed by atoms with Crippen molar-refractivity contribution in [2.75, 3.05) is 6.54 Å². The van der Waals surface area contributed by atoms with Gasteiger partial charge in [-0.25, -0.2) is 4.39 Å². The Bertz CT molecular complexity index is 346. The molecule has 1 nitrogen and oxygen atoms in total. The van der Waals surface area contributed by atoms with Crippen LogP contribution in [0.15, 0.2) is 18.2 Å². The Hall–Kier alpha value is -1.10. The van der Waals surface area contributed by atoms with Crippen molar-refractivity contribution < 1.29 is 17.6 Å². The zero-order chi connectivity index (χ0) is 11.6. The highest BCUT2D eigenvalue weighted by atomic mass is 19.4. The summed E-state index contributed by atoms with van der Waals surface area (Å²) in [5.74, 6) is 0. The molecule has 5 heteroatoms. The van der Waals surface area contributed by atoms with Crippen molar-refractivity contribution in [3.8, 4) is 0 Å². The van der Waals surface area contributed by atoms with E-state index in [-0.39, 0.29) is 17.7 Å². The van der Waals surface area contributed by atoms with E-state index in [2.05, 4.69) is 0 Å². The summed E-state index contributed by atoms with van der Waals surface area (Å²) < 4.78 is 50.4. The number of halogens is 4. The number of alkyl halides is 4. The van der Waals surface area contributed by atoms with Gasteiger partial charge in [-0.1, -0.05) is 12.1 Å². The molecule has 1 atom stereocenters. The largest absolute Gasteiger partial charge is 0.416 e. The first-order valence-corrected chi connectivity index (χ1v) is 4.38. The van der Waals surface area contributed by atoms with Gasteiger partial charge in [-0.3, -0.25) is 0 Å². The number of benzene rings is 1. The molecule has 0 aromatic heterocycles. The first kappa shape index (κ1) is 12.0. The second kappa shape index (κ2) is 4.18. The Morgan fingerprint density at radius 1 is 1.33 bits per heavy atom. The molecule has 84 valence electrons. The van der Waals surface area contributed by atoms with Gasteiger partial charge in [-0.05, 0) is 24.1 Å². The predicted molar refractivity (Wildman–Crippen MR) is 49.1 cm³/mol. The van der Waals surface area contributed by atoms with Crippen LogP contribution in [-0.2, 0) is 6.18 Å². The van der Waals surface area contributed by atoms with E-state index in [9.17, 15) is 17.6 Å². The van der Waals surface area contributed by atoms with Gasteiger partial charge in [0.15, 0.2) is 0 Å². The molecule has 1 aromatic carbocycles. The molecule has 0 aliphatic rings. The highest BCUT2D eigenvalue weighted by molar-refractivity contribution is 5.34. The van der Waals surface area contributed by atoms with E-state index in [1.54, 1.807) is 0 Å². The Balaban J connectivity index is 3.17. The molecule has 2 N–H and O–H groups in total. The monoisotopic (exact) mass is 221 g/mol. The standard InChI is InChI=1S/C10H11F4N/c1-6-2-3-7(9(11)5-15)4-8(6)10(12,13)14/h2-4,9H,5,15H2,1H3. The summed E-state index contributed by atoms with van der Waals surface area (Å²) in [5.41, 5.74) is 4.28. The Morgan fingerprint density at radius 2 is 1.93 bits per heavy atom. The fourth-order valence-corrected chi connectivity index (χ4v) is 1.28. The highest BCUT2D eigenvalue weighted by Crippen LogP contribution is 2.33. The number of hydrogen-bond acceptors (Lipinski definition) is 1.